The molecule has 1 aliphatic rings. The Morgan fingerprint density at radius 3 is 1.48 bits per heavy atom. The van der Waals surface area contributed by atoms with Gasteiger partial charge in [-0.25, -0.2) is 0 Å². The highest BCUT2D eigenvalue weighted by Crippen LogP contribution is 2.55. The largest absolute Gasteiger partial charge is 0.0843 e. The molecule has 0 fully saturated rings. The van der Waals surface area contributed by atoms with Gasteiger partial charge in [0, 0.05) is 15.5 Å². The Morgan fingerprint density at radius 1 is 0.720 bits per heavy atom. The molecule has 0 atom stereocenters. The first-order chi connectivity index (χ1) is 11.8. The number of fused-ring (bicyclic) bond motifs is 3. The van der Waals surface area contributed by atoms with Crippen molar-refractivity contribution in [1.82, 2.24) is 0 Å². The Bertz CT molecular complexity index is 693. The van der Waals surface area contributed by atoms with Crippen LogP contribution in [0, 0.1) is 11.8 Å². The molecule has 3 rings (SSSR count). The first-order valence-electron chi connectivity index (χ1n) is 9.44. The van der Waals surface area contributed by atoms with E-state index >= 15 is 0 Å². The quantitative estimate of drug-likeness (QED) is 0.478. The van der Waals surface area contributed by atoms with Gasteiger partial charge in [-0.2, -0.15) is 0 Å². The first kappa shape index (κ1) is 18.8. The van der Waals surface area contributed by atoms with Crippen molar-refractivity contribution >= 4 is 23.2 Å². The zero-order valence-corrected chi connectivity index (χ0v) is 17.2. The van der Waals surface area contributed by atoms with E-state index in [1.807, 2.05) is 12.1 Å². The summed E-state index contributed by atoms with van der Waals surface area (Å²) in [5.41, 5.74) is 5.51. The first-order valence-corrected chi connectivity index (χ1v) is 10.2. The fourth-order valence-electron chi connectivity index (χ4n) is 4.17. The predicted octanol–water partition coefficient (Wildman–Crippen LogP) is 8.13. The molecule has 1 aliphatic carbocycles. The lowest BCUT2D eigenvalue weighted by Gasteiger charge is -2.34. The second-order valence-corrected chi connectivity index (χ2v) is 9.20. The smallest absolute Gasteiger partial charge is 0.0409 e. The highest BCUT2D eigenvalue weighted by molar-refractivity contribution is 6.31. The maximum Gasteiger partial charge on any atom is 0.0409 e. The molecule has 0 bridgehead atoms. The van der Waals surface area contributed by atoms with Gasteiger partial charge >= 0.3 is 0 Å². The zero-order valence-electron chi connectivity index (χ0n) is 15.7. The van der Waals surface area contributed by atoms with Crippen LogP contribution in [0.15, 0.2) is 36.4 Å². The molecule has 0 heterocycles. The van der Waals surface area contributed by atoms with E-state index in [-0.39, 0.29) is 5.41 Å². The molecule has 0 unspecified atom stereocenters. The molecular formula is C23H28Cl2. The van der Waals surface area contributed by atoms with Gasteiger partial charge in [-0.05, 0) is 84.0 Å². The zero-order chi connectivity index (χ0) is 18.2. The lowest BCUT2D eigenvalue weighted by Crippen LogP contribution is -2.26. The van der Waals surface area contributed by atoms with Gasteiger partial charge in [0.05, 0.1) is 0 Å². The van der Waals surface area contributed by atoms with Gasteiger partial charge in [0.15, 0.2) is 0 Å². The summed E-state index contributed by atoms with van der Waals surface area (Å²) in [5.74, 6) is 1.36. The van der Waals surface area contributed by atoms with E-state index in [1.54, 1.807) is 0 Å². The summed E-state index contributed by atoms with van der Waals surface area (Å²) in [7, 11) is 0. The average Bonchev–Trinajstić information content (AvgIpc) is 2.80. The van der Waals surface area contributed by atoms with E-state index < -0.39 is 0 Å². The summed E-state index contributed by atoms with van der Waals surface area (Å²) in [6, 6.07) is 12.8. The SMILES string of the molecule is CC(C)CCC1(CCC(C)C)c2cc(Cl)ccc2-c2ccc(Cl)cc21. The number of hydrogen-bond acceptors (Lipinski definition) is 0. The summed E-state index contributed by atoms with van der Waals surface area (Å²) in [6.45, 7) is 9.23. The lowest BCUT2D eigenvalue weighted by molar-refractivity contribution is 0.364. The Morgan fingerprint density at radius 2 is 1.12 bits per heavy atom. The molecule has 0 saturated heterocycles. The molecule has 0 spiro atoms. The minimum atomic E-state index is 0.0367. The minimum absolute atomic E-state index is 0.0367. The van der Waals surface area contributed by atoms with Crippen LogP contribution in [-0.4, -0.2) is 0 Å². The van der Waals surface area contributed by atoms with Gasteiger partial charge in [-0.1, -0.05) is 63.0 Å². The van der Waals surface area contributed by atoms with Gasteiger partial charge in [0.1, 0.15) is 0 Å². The fraction of sp³-hybridized carbons (Fsp3) is 0.478. The van der Waals surface area contributed by atoms with Gasteiger partial charge in [-0.3, -0.25) is 0 Å². The second-order valence-electron chi connectivity index (χ2n) is 8.33. The molecule has 0 nitrogen and oxygen atoms in total. The molecule has 0 aromatic heterocycles. The molecule has 2 aromatic carbocycles. The molecule has 2 heteroatoms. The van der Waals surface area contributed by atoms with Gasteiger partial charge in [0.25, 0.3) is 0 Å². The van der Waals surface area contributed by atoms with Gasteiger partial charge < -0.3 is 0 Å². The monoisotopic (exact) mass is 374 g/mol. The van der Waals surface area contributed by atoms with Crippen LogP contribution >= 0.6 is 23.2 Å². The Balaban J connectivity index is 2.20. The van der Waals surface area contributed by atoms with Crippen LogP contribution in [0.2, 0.25) is 10.0 Å². The summed E-state index contributed by atoms with van der Waals surface area (Å²) in [6.07, 6.45) is 4.71. The average molecular weight is 375 g/mol. The molecule has 2 aromatic rings. The predicted molar refractivity (Wildman–Crippen MR) is 111 cm³/mol. The minimum Gasteiger partial charge on any atom is -0.0843 e. The molecule has 0 saturated carbocycles. The topological polar surface area (TPSA) is 0 Å². The molecule has 0 N–H and O–H groups in total. The summed E-state index contributed by atoms with van der Waals surface area (Å²) in [5, 5.41) is 1.66. The van der Waals surface area contributed by atoms with Crippen molar-refractivity contribution in [3.8, 4) is 11.1 Å². The second kappa shape index (κ2) is 7.33. The van der Waals surface area contributed by atoms with Crippen LogP contribution in [0.25, 0.3) is 11.1 Å². The highest BCUT2D eigenvalue weighted by atomic mass is 35.5. The Kier molecular flexibility index (Phi) is 5.51. The molecule has 0 aliphatic heterocycles. The molecule has 0 radical (unpaired) electrons. The van der Waals surface area contributed by atoms with Crippen LogP contribution in [0.5, 0.6) is 0 Å². The van der Waals surface area contributed by atoms with Crippen LogP contribution in [-0.2, 0) is 5.41 Å². The number of halogens is 2. The van der Waals surface area contributed by atoms with Crippen molar-refractivity contribution in [1.29, 1.82) is 0 Å². The van der Waals surface area contributed by atoms with Crippen molar-refractivity contribution in [2.45, 2.75) is 58.8 Å². The summed E-state index contributed by atoms with van der Waals surface area (Å²) in [4.78, 5) is 0. The van der Waals surface area contributed by atoms with Gasteiger partial charge in [0.2, 0.25) is 0 Å². The van der Waals surface area contributed by atoms with Gasteiger partial charge in [-0.15, -0.1) is 0 Å². The maximum absolute atomic E-state index is 6.42. The third kappa shape index (κ3) is 3.62. The van der Waals surface area contributed by atoms with Crippen LogP contribution in [0.4, 0.5) is 0 Å². The standard InChI is InChI=1S/C23H28Cl2/c1-15(2)9-11-23(12-10-16(3)4)21-13-17(24)5-7-19(21)20-8-6-18(25)14-22(20)23/h5-8,13-16H,9-12H2,1-4H3. The van der Waals surface area contributed by atoms with Crippen LogP contribution in [0.3, 0.4) is 0 Å². The number of benzene rings is 2. The molecular weight excluding hydrogens is 347 g/mol. The van der Waals surface area contributed by atoms with E-state index in [2.05, 4.69) is 52.0 Å². The van der Waals surface area contributed by atoms with E-state index in [1.165, 1.54) is 35.1 Å². The van der Waals surface area contributed by atoms with Crippen molar-refractivity contribution in [3.05, 3.63) is 57.6 Å². The third-order valence-electron chi connectivity index (χ3n) is 5.58. The molecule has 0 amide bonds. The van der Waals surface area contributed by atoms with E-state index in [9.17, 15) is 0 Å². The van der Waals surface area contributed by atoms with Crippen molar-refractivity contribution in [2.24, 2.45) is 11.8 Å². The van der Waals surface area contributed by atoms with E-state index in [0.717, 1.165) is 22.9 Å². The lowest BCUT2D eigenvalue weighted by atomic mass is 9.69. The van der Waals surface area contributed by atoms with Crippen molar-refractivity contribution in [2.75, 3.05) is 0 Å². The van der Waals surface area contributed by atoms with E-state index in [4.69, 9.17) is 23.2 Å². The third-order valence-corrected chi connectivity index (χ3v) is 6.05. The fourth-order valence-corrected chi connectivity index (χ4v) is 4.52. The molecule has 25 heavy (non-hydrogen) atoms. The van der Waals surface area contributed by atoms with Crippen molar-refractivity contribution in [3.63, 3.8) is 0 Å². The van der Waals surface area contributed by atoms with Crippen LogP contribution in [0.1, 0.15) is 64.5 Å². The van der Waals surface area contributed by atoms with Crippen LogP contribution < -0.4 is 0 Å². The van der Waals surface area contributed by atoms with E-state index in [0.29, 0.717) is 11.8 Å². The number of hydrogen-bond donors (Lipinski definition) is 0. The summed E-state index contributed by atoms with van der Waals surface area (Å²) >= 11 is 12.8. The Hall–Kier alpha value is -0.980. The highest BCUT2D eigenvalue weighted by Gasteiger charge is 2.42. The molecule has 134 valence electrons. The normalized spacial score (nSPS) is 14.9. The van der Waals surface area contributed by atoms with Crippen molar-refractivity contribution < 1.29 is 0 Å². The maximum atomic E-state index is 6.42. The Labute approximate surface area is 162 Å². The summed E-state index contributed by atoms with van der Waals surface area (Å²) < 4.78 is 0. The number of rotatable bonds is 6.